The van der Waals surface area contributed by atoms with Crippen LogP contribution in [0.4, 0.5) is 0 Å². The lowest BCUT2D eigenvalue weighted by atomic mass is 9.70. The molecule has 27 heavy (non-hydrogen) atoms. The third-order valence-electron chi connectivity index (χ3n) is 4.81. The van der Waals surface area contributed by atoms with Crippen molar-refractivity contribution in [3.05, 3.63) is 89.5 Å². The molecular formula is C23H22O4. The zero-order chi connectivity index (χ0) is 19.3. The number of methoxy groups -OCH3 is 3. The minimum atomic E-state index is -0.954. The molecule has 0 aliphatic carbocycles. The SMILES string of the molecule is COc1ccc(C(C=O)(c2ccc(OC)cc2)c2ccc(OC)cc2)cc1. The average molecular weight is 362 g/mol. The molecule has 0 unspecified atom stereocenters. The summed E-state index contributed by atoms with van der Waals surface area (Å²) in [6, 6.07) is 22.7. The van der Waals surface area contributed by atoms with Gasteiger partial charge in [0.25, 0.3) is 0 Å². The highest BCUT2D eigenvalue weighted by Gasteiger charge is 2.36. The van der Waals surface area contributed by atoms with E-state index >= 15 is 0 Å². The van der Waals surface area contributed by atoms with Gasteiger partial charge in [-0.15, -0.1) is 0 Å². The lowest BCUT2D eigenvalue weighted by molar-refractivity contribution is -0.110. The highest BCUT2D eigenvalue weighted by atomic mass is 16.5. The molecule has 0 heterocycles. The maximum absolute atomic E-state index is 12.6. The van der Waals surface area contributed by atoms with Gasteiger partial charge in [-0.25, -0.2) is 0 Å². The van der Waals surface area contributed by atoms with Crippen molar-refractivity contribution in [1.29, 1.82) is 0 Å². The number of benzene rings is 3. The number of hydrogen-bond donors (Lipinski definition) is 0. The first-order chi connectivity index (χ1) is 13.2. The average Bonchev–Trinajstić information content (AvgIpc) is 2.76. The molecule has 0 aliphatic heterocycles. The molecule has 0 bridgehead atoms. The summed E-state index contributed by atoms with van der Waals surface area (Å²) in [5.74, 6) is 2.22. The Morgan fingerprint density at radius 1 is 0.556 bits per heavy atom. The summed E-state index contributed by atoms with van der Waals surface area (Å²) in [7, 11) is 4.86. The lowest BCUT2D eigenvalue weighted by Crippen LogP contribution is -2.31. The van der Waals surface area contributed by atoms with E-state index in [4.69, 9.17) is 14.2 Å². The van der Waals surface area contributed by atoms with Crippen molar-refractivity contribution < 1.29 is 19.0 Å². The van der Waals surface area contributed by atoms with Gasteiger partial charge in [0, 0.05) is 0 Å². The van der Waals surface area contributed by atoms with Crippen LogP contribution in [0.3, 0.4) is 0 Å². The second-order valence-electron chi connectivity index (χ2n) is 6.11. The van der Waals surface area contributed by atoms with Gasteiger partial charge in [0.2, 0.25) is 0 Å². The van der Waals surface area contributed by atoms with Crippen molar-refractivity contribution in [2.45, 2.75) is 5.41 Å². The molecule has 0 spiro atoms. The summed E-state index contributed by atoms with van der Waals surface area (Å²) < 4.78 is 15.8. The summed E-state index contributed by atoms with van der Waals surface area (Å²) in [6.45, 7) is 0. The number of ether oxygens (including phenoxy) is 3. The van der Waals surface area contributed by atoms with Gasteiger partial charge in [0.15, 0.2) is 0 Å². The second kappa shape index (κ2) is 7.96. The van der Waals surface area contributed by atoms with Gasteiger partial charge in [-0.05, 0) is 53.1 Å². The van der Waals surface area contributed by atoms with Crippen LogP contribution >= 0.6 is 0 Å². The normalized spacial score (nSPS) is 10.9. The molecule has 0 N–H and O–H groups in total. The molecular weight excluding hydrogens is 340 g/mol. The fourth-order valence-corrected chi connectivity index (χ4v) is 3.27. The van der Waals surface area contributed by atoms with Crippen molar-refractivity contribution >= 4 is 6.29 Å². The maximum Gasteiger partial charge on any atom is 0.139 e. The van der Waals surface area contributed by atoms with Crippen molar-refractivity contribution in [3.8, 4) is 17.2 Å². The molecule has 0 atom stereocenters. The molecule has 3 rings (SSSR count). The molecule has 0 aromatic heterocycles. The van der Waals surface area contributed by atoms with Crippen LogP contribution < -0.4 is 14.2 Å². The van der Waals surface area contributed by atoms with Gasteiger partial charge in [0.1, 0.15) is 28.9 Å². The predicted molar refractivity (Wildman–Crippen MR) is 105 cm³/mol. The maximum atomic E-state index is 12.6. The summed E-state index contributed by atoms with van der Waals surface area (Å²) in [5.41, 5.74) is 1.61. The van der Waals surface area contributed by atoms with Crippen LogP contribution in [0.1, 0.15) is 16.7 Å². The Morgan fingerprint density at radius 3 is 1.00 bits per heavy atom. The fourth-order valence-electron chi connectivity index (χ4n) is 3.27. The molecule has 0 aliphatic rings. The van der Waals surface area contributed by atoms with Crippen LogP contribution in [0.25, 0.3) is 0 Å². The number of aldehydes is 1. The number of hydrogen-bond acceptors (Lipinski definition) is 4. The van der Waals surface area contributed by atoms with Crippen molar-refractivity contribution in [3.63, 3.8) is 0 Å². The van der Waals surface area contributed by atoms with E-state index in [0.29, 0.717) is 0 Å². The quantitative estimate of drug-likeness (QED) is 0.466. The van der Waals surface area contributed by atoms with Gasteiger partial charge in [-0.3, -0.25) is 0 Å². The third-order valence-corrected chi connectivity index (χ3v) is 4.81. The summed E-state index contributed by atoms with van der Waals surface area (Å²) in [4.78, 5) is 12.6. The fraction of sp³-hybridized carbons (Fsp3) is 0.174. The van der Waals surface area contributed by atoms with Crippen LogP contribution in [0.5, 0.6) is 17.2 Å². The zero-order valence-corrected chi connectivity index (χ0v) is 15.6. The van der Waals surface area contributed by atoms with Crippen molar-refractivity contribution in [1.82, 2.24) is 0 Å². The van der Waals surface area contributed by atoms with Crippen LogP contribution in [-0.2, 0) is 10.2 Å². The first-order valence-electron chi connectivity index (χ1n) is 8.58. The molecule has 138 valence electrons. The largest absolute Gasteiger partial charge is 0.497 e. The first kappa shape index (κ1) is 18.5. The highest BCUT2D eigenvalue weighted by Crippen LogP contribution is 2.39. The van der Waals surface area contributed by atoms with E-state index in [-0.39, 0.29) is 0 Å². The Hall–Kier alpha value is -3.27. The minimum Gasteiger partial charge on any atom is -0.497 e. The Balaban J connectivity index is 2.22. The van der Waals surface area contributed by atoms with Gasteiger partial charge < -0.3 is 19.0 Å². The molecule has 3 aromatic carbocycles. The molecule has 0 saturated carbocycles. The van der Waals surface area contributed by atoms with E-state index in [1.54, 1.807) is 21.3 Å². The second-order valence-corrected chi connectivity index (χ2v) is 6.11. The highest BCUT2D eigenvalue weighted by molar-refractivity contribution is 5.81. The molecule has 0 amide bonds. The van der Waals surface area contributed by atoms with Crippen molar-refractivity contribution in [2.75, 3.05) is 21.3 Å². The molecule has 0 radical (unpaired) electrons. The van der Waals surface area contributed by atoms with E-state index in [0.717, 1.165) is 40.2 Å². The van der Waals surface area contributed by atoms with Gasteiger partial charge in [0.05, 0.1) is 21.3 Å². The van der Waals surface area contributed by atoms with E-state index < -0.39 is 5.41 Å². The van der Waals surface area contributed by atoms with Gasteiger partial charge >= 0.3 is 0 Å². The molecule has 0 fully saturated rings. The summed E-state index contributed by atoms with van der Waals surface area (Å²) in [5, 5.41) is 0. The number of carbonyl (C=O) groups excluding carboxylic acids is 1. The van der Waals surface area contributed by atoms with Crippen LogP contribution in [-0.4, -0.2) is 27.6 Å². The van der Waals surface area contributed by atoms with Crippen LogP contribution in [0.2, 0.25) is 0 Å². The molecule has 4 nitrogen and oxygen atoms in total. The number of carbonyl (C=O) groups is 1. The smallest absolute Gasteiger partial charge is 0.139 e. The first-order valence-corrected chi connectivity index (χ1v) is 8.58. The summed E-state index contributed by atoms with van der Waals surface area (Å²) >= 11 is 0. The van der Waals surface area contributed by atoms with Crippen LogP contribution in [0.15, 0.2) is 72.8 Å². The minimum absolute atomic E-state index is 0.739. The molecule has 4 heteroatoms. The topological polar surface area (TPSA) is 44.8 Å². The van der Waals surface area contributed by atoms with E-state index in [1.165, 1.54) is 0 Å². The lowest BCUT2D eigenvalue weighted by Gasteiger charge is -2.30. The standard InChI is InChI=1S/C23H22O4/c1-25-20-10-4-17(5-11-20)23(16-24,18-6-12-21(26-2)13-7-18)19-8-14-22(27-3)15-9-19/h4-16H,1-3H3. The van der Waals surface area contributed by atoms with E-state index in [1.807, 2.05) is 72.8 Å². The molecule has 0 saturated heterocycles. The third kappa shape index (κ3) is 3.38. The Bertz CT molecular complexity index is 765. The molecule has 3 aromatic rings. The van der Waals surface area contributed by atoms with Gasteiger partial charge in [-0.1, -0.05) is 36.4 Å². The summed E-state index contributed by atoms with van der Waals surface area (Å²) in [6.07, 6.45) is 0.985. The van der Waals surface area contributed by atoms with Gasteiger partial charge in [-0.2, -0.15) is 0 Å². The zero-order valence-electron chi connectivity index (χ0n) is 15.6. The van der Waals surface area contributed by atoms with Crippen molar-refractivity contribution in [2.24, 2.45) is 0 Å². The van der Waals surface area contributed by atoms with Crippen LogP contribution in [0, 0.1) is 0 Å². The Labute approximate surface area is 159 Å². The Kier molecular flexibility index (Phi) is 5.46. The Morgan fingerprint density at radius 2 is 0.815 bits per heavy atom. The monoisotopic (exact) mass is 362 g/mol. The number of rotatable bonds is 7. The van der Waals surface area contributed by atoms with E-state index in [2.05, 4.69) is 0 Å². The van der Waals surface area contributed by atoms with E-state index in [9.17, 15) is 4.79 Å². The predicted octanol–water partition coefficient (Wildman–Crippen LogP) is 4.25.